The highest BCUT2D eigenvalue weighted by Gasteiger charge is 2.61. The summed E-state index contributed by atoms with van der Waals surface area (Å²) < 4.78 is 0. The molecule has 0 spiro atoms. The van der Waals surface area contributed by atoms with Crippen LogP contribution in [-0.4, -0.2) is 22.7 Å². The zero-order valence-corrected chi connectivity index (χ0v) is 17.1. The Bertz CT molecular complexity index is 868. The van der Waals surface area contributed by atoms with Crippen LogP contribution in [0.5, 0.6) is 0 Å². The van der Waals surface area contributed by atoms with Gasteiger partial charge in [-0.3, -0.25) is 9.78 Å². The summed E-state index contributed by atoms with van der Waals surface area (Å²) in [7, 11) is 0. The second-order valence-corrected chi connectivity index (χ2v) is 9.94. The van der Waals surface area contributed by atoms with Gasteiger partial charge >= 0.3 is 0 Å². The van der Waals surface area contributed by atoms with Gasteiger partial charge in [0.05, 0.1) is 11.3 Å². The van der Waals surface area contributed by atoms with E-state index in [-0.39, 0.29) is 11.3 Å². The Morgan fingerprint density at radius 3 is 2.85 bits per heavy atom. The van der Waals surface area contributed by atoms with Crippen LogP contribution in [0.4, 0.5) is 0 Å². The molecule has 5 heteroatoms. The first-order chi connectivity index (χ1) is 12.3. The van der Waals surface area contributed by atoms with Crippen LogP contribution in [0.15, 0.2) is 35.4 Å². The molecule has 2 saturated carbocycles. The third kappa shape index (κ3) is 2.82. The third-order valence-corrected chi connectivity index (χ3v) is 8.46. The van der Waals surface area contributed by atoms with Crippen molar-refractivity contribution in [1.29, 1.82) is 0 Å². The number of rotatable bonds is 4. The summed E-state index contributed by atoms with van der Waals surface area (Å²) in [5.41, 5.74) is 1.40. The number of hydrogen-bond acceptors (Lipinski definition) is 3. The average Bonchev–Trinajstić information content (AvgIpc) is 2.93. The van der Waals surface area contributed by atoms with Crippen LogP contribution in [0.3, 0.4) is 0 Å². The summed E-state index contributed by atoms with van der Waals surface area (Å²) in [5, 5.41) is 5.06. The monoisotopic (exact) mass is 388 g/mol. The number of nitrogens with zero attached hydrogens (tertiary/aromatic N) is 1. The number of benzene rings is 1. The number of hydrogen-bond donors (Lipinski definition) is 1. The van der Waals surface area contributed by atoms with Gasteiger partial charge < -0.3 is 5.32 Å². The van der Waals surface area contributed by atoms with E-state index in [1.54, 1.807) is 18.0 Å². The molecule has 2 aliphatic rings. The lowest BCUT2D eigenvalue weighted by atomic mass is 9.69. The number of fused-ring (bicyclic) bond motifs is 3. The number of thioether (sulfide) groups is 1. The first-order valence-electron chi connectivity index (χ1n) is 9.28. The van der Waals surface area contributed by atoms with Crippen molar-refractivity contribution in [3.8, 4) is 0 Å². The standard InChI is InChI=1S/C21H25ClN2OS/c1-20(2)13-6-8-21(20,3)18(10-13)24-19(25)12-26-17-7-9-23-16-11-14(22)4-5-15(16)17/h4-5,7,9,11,13,18H,6,8,10,12H2,1-3H3,(H,24,25)/t13-,18-,21-/m0/s1. The maximum atomic E-state index is 12.6. The number of aromatic nitrogens is 1. The molecule has 0 aliphatic heterocycles. The van der Waals surface area contributed by atoms with Crippen LogP contribution in [0.2, 0.25) is 5.02 Å². The van der Waals surface area contributed by atoms with E-state index in [1.165, 1.54) is 12.8 Å². The molecule has 1 heterocycles. The van der Waals surface area contributed by atoms with E-state index < -0.39 is 0 Å². The van der Waals surface area contributed by atoms with E-state index in [4.69, 9.17) is 11.6 Å². The highest BCUT2D eigenvalue weighted by molar-refractivity contribution is 8.00. The molecule has 1 aromatic heterocycles. The van der Waals surface area contributed by atoms with Gasteiger partial charge in [0.25, 0.3) is 0 Å². The first kappa shape index (κ1) is 18.1. The molecule has 0 saturated heterocycles. The van der Waals surface area contributed by atoms with Crippen molar-refractivity contribution in [2.24, 2.45) is 16.7 Å². The third-order valence-electron chi connectivity index (χ3n) is 7.15. The maximum absolute atomic E-state index is 12.6. The Morgan fingerprint density at radius 2 is 2.15 bits per heavy atom. The van der Waals surface area contributed by atoms with Crippen molar-refractivity contribution in [3.63, 3.8) is 0 Å². The minimum Gasteiger partial charge on any atom is -0.352 e. The summed E-state index contributed by atoms with van der Waals surface area (Å²) in [6, 6.07) is 7.98. The average molecular weight is 389 g/mol. The predicted molar refractivity (Wildman–Crippen MR) is 109 cm³/mol. The van der Waals surface area contributed by atoms with E-state index in [1.807, 2.05) is 24.3 Å². The van der Waals surface area contributed by atoms with E-state index in [2.05, 4.69) is 31.1 Å². The second kappa shape index (κ2) is 6.42. The fourth-order valence-electron chi connectivity index (χ4n) is 5.02. The quantitative estimate of drug-likeness (QED) is 0.721. The molecule has 2 bridgehead atoms. The van der Waals surface area contributed by atoms with Crippen molar-refractivity contribution in [1.82, 2.24) is 10.3 Å². The van der Waals surface area contributed by atoms with Crippen LogP contribution in [0, 0.1) is 16.7 Å². The molecule has 1 amide bonds. The fraction of sp³-hybridized carbons (Fsp3) is 0.524. The van der Waals surface area contributed by atoms with Gasteiger partial charge in [-0.2, -0.15) is 0 Å². The predicted octanol–water partition coefficient (Wildman–Crippen LogP) is 5.31. The summed E-state index contributed by atoms with van der Waals surface area (Å²) in [6.07, 6.45) is 5.42. The first-order valence-corrected chi connectivity index (χ1v) is 10.6. The smallest absolute Gasteiger partial charge is 0.230 e. The van der Waals surface area contributed by atoms with Gasteiger partial charge in [-0.25, -0.2) is 0 Å². The molecular formula is C21H25ClN2OS. The minimum atomic E-state index is 0.128. The number of nitrogens with one attached hydrogen (secondary N) is 1. The van der Waals surface area contributed by atoms with Gasteiger partial charge in [-0.1, -0.05) is 38.4 Å². The van der Waals surface area contributed by atoms with Gasteiger partial charge in [0, 0.05) is 27.5 Å². The molecule has 138 valence electrons. The minimum absolute atomic E-state index is 0.128. The van der Waals surface area contributed by atoms with Gasteiger partial charge in [0.15, 0.2) is 0 Å². The summed E-state index contributed by atoms with van der Waals surface area (Å²) in [5.74, 6) is 1.29. The van der Waals surface area contributed by atoms with Gasteiger partial charge in [-0.05, 0) is 54.2 Å². The van der Waals surface area contributed by atoms with Crippen LogP contribution in [0.1, 0.15) is 40.0 Å². The van der Waals surface area contributed by atoms with Crippen LogP contribution < -0.4 is 5.32 Å². The maximum Gasteiger partial charge on any atom is 0.230 e. The van der Waals surface area contributed by atoms with E-state index in [0.29, 0.717) is 22.2 Å². The lowest BCUT2D eigenvalue weighted by Crippen LogP contribution is -2.47. The number of halogens is 1. The lowest BCUT2D eigenvalue weighted by Gasteiger charge is -2.39. The molecule has 26 heavy (non-hydrogen) atoms. The molecule has 2 aromatic rings. The molecule has 2 aliphatic carbocycles. The van der Waals surface area contributed by atoms with Crippen molar-refractivity contribution in [2.75, 3.05) is 5.75 Å². The number of carbonyl (C=O) groups is 1. The van der Waals surface area contributed by atoms with E-state index in [9.17, 15) is 4.79 Å². The molecule has 4 rings (SSSR count). The summed E-state index contributed by atoms with van der Waals surface area (Å²) in [4.78, 5) is 18.1. The number of carbonyl (C=O) groups excluding carboxylic acids is 1. The molecule has 1 aromatic carbocycles. The topological polar surface area (TPSA) is 42.0 Å². The second-order valence-electron chi connectivity index (χ2n) is 8.49. The molecular weight excluding hydrogens is 364 g/mol. The molecule has 0 radical (unpaired) electrons. The van der Waals surface area contributed by atoms with Gasteiger partial charge in [-0.15, -0.1) is 11.8 Å². The van der Waals surface area contributed by atoms with Crippen LogP contribution in [0.25, 0.3) is 10.9 Å². The van der Waals surface area contributed by atoms with Gasteiger partial charge in [0.1, 0.15) is 0 Å². The van der Waals surface area contributed by atoms with Crippen molar-refractivity contribution in [2.45, 2.75) is 51.0 Å². The Hall–Kier alpha value is -1.26. The highest BCUT2D eigenvalue weighted by Crippen LogP contribution is 2.65. The fourth-order valence-corrected chi connectivity index (χ4v) is 6.04. The molecule has 1 N–H and O–H groups in total. The van der Waals surface area contributed by atoms with Crippen molar-refractivity contribution in [3.05, 3.63) is 35.5 Å². The Kier molecular flexibility index (Phi) is 4.47. The van der Waals surface area contributed by atoms with Crippen molar-refractivity contribution >= 4 is 40.2 Å². The molecule has 3 atom stereocenters. The number of amides is 1. The molecule has 3 nitrogen and oxygen atoms in total. The zero-order valence-electron chi connectivity index (χ0n) is 15.5. The normalized spacial score (nSPS) is 29.2. The Labute approximate surface area is 164 Å². The lowest BCUT2D eigenvalue weighted by molar-refractivity contribution is -0.120. The van der Waals surface area contributed by atoms with E-state index >= 15 is 0 Å². The van der Waals surface area contributed by atoms with E-state index in [0.717, 1.165) is 28.1 Å². The highest BCUT2D eigenvalue weighted by atomic mass is 35.5. The van der Waals surface area contributed by atoms with Gasteiger partial charge in [0.2, 0.25) is 5.91 Å². The SMILES string of the molecule is CC1(C)[C@H]2CC[C@@]1(C)[C@@H](NC(=O)CSc1ccnc3cc(Cl)ccc13)C2. The Balaban J connectivity index is 1.43. The van der Waals surface area contributed by atoms with Crippen LogP contribution in [-0.2, 0) is 4.79 Å². The summed E-state index contributed by atoms with van der Waals surface area (Å²) in [6.45, 7) is 7.11. The zero-order chi connectivity index (χ0) is 18.5. The van der Waals surface area contributed by atoms with Crippen LogP contribution >= 0.6 is 23.4 Å². The Morgan fingerprint density at radius 1 is 1.35 bits per heavy atom. The number of pyridine rings is 1. The summed E-state index contributed by atoms with van der Waals surface area (Å²) >= 11 is 7.62. The molecule has 0 unspecified atom stereocenters. The van der Waals surface area contributed by atoms with Crippen molar-refractivity contribution < 1.29 is 4.79 Å². The largest absolute Gasteiger partial charge is 0.352 e. The molecule has 2 fully saturated rings.